The minimum Gasteiger partial charge on any atom is -0.0793 e. The number of hydrogen-bond donors (Lipinski definition) is 0. The number of benzene rings is 2. The Hall–Kier alpha value is -0.166. The van der Waals surface area contributed by atoms with Crippen molar-refractivity contribution in [3.63, 3.8) is 0 Å². The summed E-state index contributed by atoms with van der Waals surface area (Å²) in [5, 5.41) is 2.93. The van der Waals surface area contributed by atoms with Crippen LogP contribution in [0.4, 0.5) is 0 Å². The fourth-order valence-corrected chi connectivity index (χ4v) is 15.2. The van der Waals surface area contributed by atoms with Crippen molar-refractivity contribution >= 4 is 58.4 Å². The van der Waals surface area contributed by atoms with Gasteiger partial charge in [-0.15, -0.1) is 0 Å². The number of hydrogen-bond acceptors (Lipinski definition) is 0. The Morgan fingerprint density at radius 3 is 1.29 bits per heavy atom. The third-order valence-electron chi connectivity index (χ3n) is 4.27. The van der Waals surface area contributed by atoms with E-state index in [2.05, 4.69) is 119 Å². The van der Waals surface area contributed by atoms with E-state index in [0.29, 0.717) is 0 Å². The van der Waals surface area contributed by atoms with E-state index in [9.17, 15) is 0 Å². The van der Waals surface area contributed by atoms with E-state index in [-0.39, 0.29) is 2.48 Å². The molecule has 0 aliphatic carbocycles. The van der Waals surface area contributed by atoms with Gasteiger partial charge in [-0.25, -0.2) is 0 Å². The van der Waals surface area contributed by atoms with Crippen molar-refractivity contribution in [2.45, 2.75) is 28.7 Å². The van der Waals surface area contributed by atoms with Crippen LogP contribution in [0.2, 0.25) is 26.2 Å². The van der Waals surface area contributed by atoms with Crippen LogP contribution in [0.1, 0.15) is 0 Å². The Morgan fingerprint density at radius 1 is 0.667 bits per heavy atom. The van der Waals surface area contributed by atoms with Crippen LogP contribution in [0.15, 0.2) is 60.7 Å². The Balaban J connectivity index is 2.73. The Morgan fingerprint density at radius 2 is 1.00 bits per heavy atom. The molecular formula is C17H22Br2Si2. The van der Waals surface area contributed by atoms with Crippen molar-refractivity contribution in [1.82, 2.24) is 0 Å². The van der Waals surface area contributed by atoms with Crippen molar-refractivity contribution in [3.05, 3.63) is 60.7 Å². The highest BCUT2D eigenvalue weighted by atomic mass is 79.9. The topological polar surface area (TPSA) is 0 Å². The molecule has 0 spiro atoms. The van der Waals surface area contributed by atoms with Gasteiger partial charge in [0, 0.05) is 0 Å². The minimum atomic E-state index is -1.97. The van der Waals surface area contributed by atoms with E-state index < -0.39 is 16.1 Å². The molecule has 0 radical (unpaired) electrons. The standard InChI is InChI=1S/C17H22Br2Si2/c1-20(2,3)17(18,19)21(4,15-11-7-5-8-12-15)16-13-9-6-10-14-16/h5-14H,1-4H3. The summed E-state index contributed by atoms with van der Waals surface area (Å²) in [4.78, 5) is 0. The van der Waals surface area contributed by atoms with E-state index in [1.54, 1.807) is 0 Å². The molecule has 0 unspecified atom stereocenters. The summed E-state index contributed by atoms with van der Waals surface area (Å²) < 4.78 is 0.00269. The van der Waals surface area contributed by atoms with E-state index in [1.165, 1.54) is 10.4 Å². The molecule has 0 aliphatic rings. The van der Waals surface area contributed by atoms with Gasteiger partial charge in [0.15, 0.2) is 0 Å². The molecule has 0 aliphatic heterocycles. The van der Waals surface area contributed by atoms with Gasteiger partial charge in [-0.2, -0.15) is 0 Å². The maximum atomic E-state index is 4.14. The second-order valence-corrected chi connectivity index (χ2v) is 23.0. The van der Waals surface area contributed by atoms with Crippen molar-refractivity contribution in [2.24, 2.45) is 0 Å². The number of halogens is 2. The summed E-state index contributed by atoms with van der Waals surface area (Å²) in [5.41, 5.74) is 0. The van der Waals surface area contributed by atoms with Crippen LogP contribution in [-0.2, 0) is 0 Å². The normalized spacial score (nSPS) is 13.2. The molecule has 2 aromatic rings. The second-order valence-electron chi connectivity index (χ2n) is 6.68. The summed E-state index contributed by atoms with van der Waals surface area (Å²) in [5.74, 6) is 0. The first-order valence-corrected chi connectivity index (χ1v) is 14.8. The lowest BCUT2D eigenvalue weighted by Gasteiger charge is -2.47. The summed E-state index contributed by atoms with van der Waals surface area (Å²) in [7, 11) is -3.46. The lowest BCUT2D eigenvalue weighted by Crippen LogP contribution is -2.73. The number of alkyl halides is 2. The van der Waals surface area contributed by atoms with Gasteiger partial charge in [-0.3, -0.25) is 0 Å². The first kappa shape index (κ1) is 17.2. The zero-order valence-electron chi connectivity index (χ0n) is 13.0. The highest BCUT2D eigenvalue weighted by molar-refractivity contribution is 9.27. The van der Waals surface area contributed by atoms with Crippen molar-refractivity contribution in [2.75, 3.05) is 0 Å². The molecule has 0 amide bonds. The lowest BCUT2D eigenvalue weighted by molar-refractivity contribution is 1.47. The first-order valence-electron chi connectivity index (χ1n) is 7.20. The minimum absolute atomic E-state index is 0.00269. The van der Waals surface area contributed by atoms with E-state index in [0.717, 1.165) is 0 Å². The van der Waals surface area contributed by atoms with Crippen LogP contribution in [0, 0.1) is 0 Å². The van der Waals surface area contributed by atoms with Gasteiger partial charge in [-0.05, 0) is 0 Å². The van der Waals surface area contributed by atoms with E-state index in [4.69, 9.17) is 0 Å². The highest BCUT2D eigenvalue weighted by Crippen LogP contribution is 2.44. The van der Waals surface area contributed by atoms with E-state index >= 15 is 0 Å². The van der Waals surface area contributed by atoms with Gasteiger partial charge in [-0.1, -0.05) is 129 Å². The van der Waals surface area contributed by atoms with Crippen molar-refractivity contribution < 1.29 is 0 Å². The molecule has 0 nitrogen and oxygen atoms in total. The molecule has 2 rings (SSSR count). The molecule has 0 fully saturated rings. The maximum Gasteiger partial charge on any atom is 0.140 e. The maximum absolute atomic E-state index is 4.14. The van der Waals surface area contributed by atoms with Gasteiger partial charge < -0.3 is 0 Å². The summed E-state index contributed by atoms with van der Waals surface area (Å²) >= 11 is 8.28. The predicted octanol–water partition coefficient (Wildman–Crippen LogP) is 4.78. The largest absolute Gasteiger partial charge is 0.140 e. The predicted molar refractivity (Wildman–Crippen MR) is 108 cm³/mol. The van der Waals surface area contributed by atoms with Gasteiger partial charge in [0.1, 0.15) is 8.07 Å². The molecular weight excluding hydrogens is 420 g/mol. The molecule has 0 bridgehead atoms. The van der Waals surface area contributed by atoms with Crippen LogP contribution in [0.3, 0.4) is 0 Å². The van der Waals surface area contributed by atoms with E-state index in [1.807, 2.05) is 0 Å². The zero-order chi connectivity index (χ0) is 15.7. The SMILES string of the molecule is C[Si](C)(C)C(Br)(Br)[Si](C)(c1ccccc1)c1ccccc1. The van der Waals surface area contributed by atoms with Crippen LogP contribution in [0.25, 0.3) is 0 Å². The Bertz CT molecular complexity index is 550. The summed E-state index contributed by atoms with van der Waals surface area (Å²) in [6.45, 7) is 9.74. The highest BCUT2D eigenvalue weighted by Gasteiger charge is 2.56. The Kier molecular flexibility index (Phi) is 5.03. The summed E-state index contributed by atoms with van der Waals surface area (Å²) in [6, 6.07) is 22.0. The smallest absolute Gasteiger partial charge is 0.0793 e. The van der Waals surface area contributed by atoms with Crippen LogP contribution in [0.5, 0.6) is 0 Å². The van der Waals surface area contributed by atoms with Crippen LogP contribution < -0.4 is 10.4 Å². The average Bonchev–Trinajstić information content (AvgIpc) is 2.47. The third-order valence-corrected chi connectivity index (χ3v) is 26.0. The van der Waals surface area contributed by atoms with Crippen molar-refractivity contribution in [1.29, 1.82) is 0 Å². The quantitative estimate of drug-likeness (QED) is 0.472. The Labute approximate surface area is 147 Å². The van der Waals surface area contributed by atoms with Crippen molar-refractivity contribution in [3.8, 4) is 0 Å². The number of rotatable bonds is 4. The lowest BCUT2D eigenvalue weighted by atomic mass is 10.4. The molecule has 0 saturated heterocycles. The van der Waals surface area contributed by atoms with Gasteiger partial charge in [0.05, 0.1) is 10.6 Å². The molecule has 0 atom stereocenters. The van der Waals surface area contributed by atoms with Gasteiger partial charge >= 0.3 is 0 Å². The van der Waals surface area contributed by atoms with Gasteiger partial charge in [0.25, 0.3) is 0 Å². The first-order chi connectivity index (χ1) is 9.71. The fourth-order valence-electron chi connectivity index (χ4n) is 2.82. The third kappa shape index (κ3) is 3.00. The van der Waals surface area contributed by atoms with Crippen LogP contribution >= 0.6 is 31.9 Å². The second kappa shape index (κ2) is 6.15. The molecule has 0 N–H and O–H groups in total. The molecule has 0 heterocycles. The molecule has 112 valence electrons. The fraction of sp³-hybridized carbons (Fsp3) is 0.294. The molecule has 21 heavy (non-hydrogen) atoms. The molecule has 4 heteroatoms. The zero-order valence-corrected chi connectivity index (χ0v) is 18.2. The molecule has 2 aromatic carbocycles. The van der Waals surface area contributed by atoms with Crippen LogP contribution in [-0.4, -0.2) is 18.6 Å². The monoisotopic (exact) mass is 440 g/mol. The molecule has 0 aromatic heterocycles. The molecule has 0 saturated carbocycles. The summed E-state index contributed by atoms with van der Waals surface area (Å²) in [6.07, 6.45) is 0. The van der Waals surface area contributed by atoms with Gasteiger partial charge in [0.2, 0.25) is 0 Å². The average molecular weight is 442 g/mol.